The van der Waals surface area contributed by atoms with Crippen LogP contribution in [0.5, 0.6) is 0 Å². The summed E-state index contributed by atoms with van der Waals surface area (Å²) in [6.45, 7) is 2.50. The first-order valence-corrected chi connectivity index (χ1v) is 12.4. The smallest absolute Gasteiger partial charge is 0.333 e. The molecule has 0 bridgehead atoms. The average molecular weight is 529 g/mol. The second-order valence-corrected chi connectivity index (χ2v) is 9.95. The van der Waals surface area contributed by atoms with Crippen LogP contribution in [0.3, 0.4) is 0 Å². The number of fused-ring (bicyclic) bond motifs is 3. The van der Waals surface area contributed by atoms with Gasteiger partial charge in [0.2, 0.25) is 6.29 Å². The van der Waals surface area contributed by atoms with Gasteiger partial charge in [0.15, 0.2) is 6.29 Å². The Bertz CT molecular complexity index is 915. The lowest BCUT2D eigenvalue weighted by Crippen LogP contribution is -2.60. The van der Waals surface area contributed by atoms with Crippen molar-refractivity contribution in [2.24, 2.45) is 11.8 Å². The van der Waals surface area contributed by atoms with Gasteiger partial charge in [0.25, 0.3) is 0 Å². The van der Waals surface area contributed by atoms with Gasteiger partial charge in [-0.1, -0.05) is 17.7 Å². The molecule has 0 radical (unpaired) electrons. The van der Waals surface area contributed by atoms with Crippen molar-refractivity contribution in [3.8, 4) is 0 Å². The third-order valence-electron chi connectivity index (χ3n) is 7.59. The van der Waals surface area contributed by atoms with Crippen molar-refractivity contribution in [1.82, 2.24) is 0 Å². The van der Waals surface area contributed by atoms with Crippen LogP contribution in [0, 0.1) is 11.8 Å². The molecule has 4 rings (SSSR count). The maximum atomic E-state index is 12.8. The Morgan fingerprint density at radius 1 is 1.05 bits per heavy atom. The maximum Gasteiger partial charge on any atom is 0.333 e. The summed E-state index contributed by atoms with van der Waals surface area (Å²) in [4.78, 5) is 12.8. The molecule has 11 atom stereocenters. The predicted octanol–water partition coefficient (Wildman–Crippen LogP) is -1.37. The van der Waals surface area contributed by atoms with Crippen LogP contribution in [-0.4, -0.2) is 111 Å². The highest BCUT2D eigenvalue weighted by molar-refractivity contribution is 5.88. The summed E-state index contributed by atoms with van der Waals surface area (Å²) in [6, 6.07) is 0. The molecule has 6 N–H and O–H groups in total. The minimum Gasteiger partial charge on any atom is -0.472 e. The lowest BCUT2D eigenvalue weighted by molar-refractivity contribution is -0.344. The van der Waals surface area contributed by atoms with Gasteiger partial charge in [-0.05, 0) is 32.8 Å². The molecule has 4 aliphatic rings. The van der Waals surface area contributed by atoms with Crippen molar-refractivity contribution in [1.29, 1.82) is 0 Å². The summed E-state index contributed by atoms with van der Waals surface area (Å²) in [5, 5.41) is 59.1. The molecule has 0 amide bonds. The van der Waals surface area contributed by atoms with E-state index >= 15 is 0 Å². The highest BCUT2D eigenvalue weighted by Crippen LogP contribution is 2.60. The molecule has 3 fully saturated rings. The van der Waals surface area contributed by atoms with Crippen LogP contribution in [-0.2, 0) is 28.5 Å². The third-order valence-corrected chi connectivity index (χ3v) is 7.59. The fourth-order valence-corrected chi connectivity index (χ4v) is 5.36. The van der Waals surface area contributed by atoms with E-state index in [9.17, 15) is 30.3 Å². The molecule has 208 valence electrons. The van der Waals surface area contributed by atoms with Crippen LogP contribution in [0.4, 0.5) is 0 Å². The molecule has 3 heterocycles. The summed E-state index contributed by atoms with van der Waals surface area (Å²) >= 11 is 0. The number of epoxide rings is 1. The average Bonchev–Trinajstić information content (AvgIpc) is 3.56. The molecule has 0 aromatic heterocycles. The number of hydrogen-bond acceptors (Lipinski definition) is 12. The second kappa shape index (κ2) is 11.5. The first kappa shape index (κ1) is 28.1. The van der Waals surface area contributed by atoms with Crippen molar-refractivity contribution in [2.75, 3.05) is 19.8 Å². The van der Waals surface area contributed by atoms with Gasteiger partial charge in [0.1, 0.15) is 42.2 Å². The minimum atomic E-state index is -1.63. The quantitative estimate of drug-likeness (QED) is 0.0846. The molecule has 12 nitrogen and oxygen atoms in total. The SMILES string of the molecule is C/C(=C\CO)CC/C=C(\C)C(=O)O[C@H]1[C@@H]2C=CO[C@@H](O[C@@H]3O[C@H](CO)[C@@H](O)[C@H](O)[C@H]3O)[C@@H]2[C@@]2(CO)O[C@@H]12. The molecule has 1 aliphatic carbocycles. The highest BCUT2D eigenvalue weighted by atomic mass is 16.8. The maximum absolute atomic E-state index is 12.8. The number of allylic oxidation sites excluding steroid dienone is 2. The summed E-state index contributed by atoms with van der Waals surface area (Å²) in [5.41, 5.74) is 0.319. The molecular weight excluding hydrogens is 492 g/mol. The van der Waals surface area contributed by atoms with Crippen molar-refractivity contribution in [3.63, 3.8) is 0 Å². The minimum absolute atomic E-state index is 0.0346. The van der Waals surface area contributed by atoms with E-state index in [1.165, 1.54) is 6.26 Å². The molecule has 3 aliphatic heterocycles. The van der Waals surface area contributed by atoms with Gasteiger partial charge < -0.3 is 54.3 Å². The van der Waals surface area contributed by atoms with Gasteiger partial charge >= 0.3 is 5.97 Å². The van der Waals surface area contributed by atoms with E-state index in [1.807, 2.05) is 6.92 Å². The zero-order valence-electron chi connectivity index (χ0n) is 20.8. The zero-order valence-corrected chi connectivity index (χ0v) is 20.8. The largest absolute Gasteiger partial charge is 0.472 e. The van der Waals surface area contributed by atoms with Crippen LogP contribution in [0.15, 0.2) is 35.6 Å². The summed E-state index contributed by atoms with van der Waals surface area (Å²) in [6.07, 6.45) is -2.04. The summed E-state index contributed by atoms with van der Waals surface area (Å²) in [7, 11) is 0. The number of esters is 1. The summed E-state index contributed by atoms with van der Waals surface area (Å²) < 4.78 is 28.5. The molecule has 2 saturated heterocycles. The fraction of sp³-hybridized carbons (Fsp3) is 0.720. The number of aliphatic hydroxyl groups excluding tert-OH is 6. The predicted molar refractivity (Wildman–Crippen MR) is 124 cm³/mol. The standard InChI is InChI=1S/C25H36O12/c1-12(6-8-26)4-3-5-13(2)22(32)35-20-14-7-9-33-23(16(14)25(11-28)21(20)37-25)36-24-19(31)18(30)17(29)15(10-27)34-24/h5-7,9,14-21,23-24,26-31H,3-4,8,10-11H2,1-2H3/b12-6+,13-5+/t14-,15-,16-,17-,18+,19-,20+,21+,23+,24+,25-/m1/s1. The number of rotatable bonds is 10. The Kier molecular flexibility index (Phi) is 8.73. The van der Waals surface area contributed by atoms with Gasteiger partial charge in [0, 0.05) is 11.5 Å². The Hall–Kier alpha value is -1.87. The Morgan fingerprint density at radius 3 is 2.49 bits per heavy atom. The lowest BCUT2D eigenvalue weighted by atomic mass is 9.85. The molecule has 0 aromatic carbocycles. The van der Waals surface area contributed by atoms with Gasteiger partial charge in [-0.2, -0.15) is 0 Å². The van der Waals surface area contributed by atoms with Crippen molar-refractivity contribution in [2.45, 2.75) is 81.5 Å². The van der Waals surface area contributed by atoms with Gasteiger partial charge in [-0.3, -0.25) is 0 Å². The molecular formula is C25H36O12. The molecule has 37 heavy (non-hydrogen) atoms. The number of aliphatic hydroxyl groups is 6. The number of carbonyl (C=O) groups excluding carboxylic acids is 1. The monoisotopic (exact) mass is 528 g/mol. The van der Waals surface area contributed by atoms with E-state index in [0.717, 1.165) is 5.57 Å². The Labute approximate surface area is 214 Å². The van der Waals surface area contributed by atoms with Gasteiger partial charge in [-0.15, -0.1) is 0 Å². The molecule has 12 heteroatoms. The van der Waals surface area contributed by atoms with Crippen LogP contribution >= 0.6 is 0 Å². The topological polar surface area (TPSA) is 188 Å². The summed E-state index contributed by atoms with van der Waals surface area (Å²) in [5.74, 6) is -1.61. The number of hydrogen-bond donors (Lipinski definition) is 6. The Balaban J connectivity index is 1.45. The van der Waals surface area contributed by atoms with E-state index in [4.69, 9.17) is 28.8 Å². The first-order valence-electron chi connectivity index (χ1n) is 12.4. The fourth-order valence-electron chi connectivity index (χ4n) is 5.36. The van der Waals surface area contributed by atoms with E-state index in [2.05, 4.69) is 0 Å². The normalized spacial score (nSPS) is 43.1. The molecule has 1 saturated carbocycles. The van der Waals surface area contributed by atoms with Crippen LogP contribution in [0.2, 0.25) is 0 Å². The van der Waals surface area contributed by atoms with Gasteiger partial charge in [-0.25, -0.2) is 4.79 Å². The zero-order chi connectivity index (χ0) is 26.9. The lowest BCUT2D eigenvalue weighted by Gasteiger charge is -2.43. The third kappa shape index (κ3) is 5.35. The molecule has 0 aromatic rings. The highest BCUT2D eigenvalue weighted by Gasteiger charge is 2.77. The van der Waals surface area contributed by atoms with Crippen molar-refractivity contribution in [3.05, 3.63) is 35.6 Å². The second-order valence-electron chi connectivity index (χ2n) is 9.95. The number of carbonyl (C=O) groups is 1. The van der Waals surface area contributed by atoms with Crippen molar-refractivity contribution < 1.29 is 59.1 Å². The van der Waals surface area contributed by atoms with Gasteiger partial charge in [0.05, 0.1) is 32.0 Å². The molecule has 0 unspecified atom stereocenters. The van der Waals surface area contributed by atoms with Crippen LogP contribution in [0.25, 0.3) is 0 Å². The van der Waals surface area contributed by atoms with Crippen molar-refractivity contribution >= 4 is 5.97 Å². The van der Waals surface area contributed by atoms with Crippen LogP contribution in [0.1, 0.15) is 26.7 Å². The molecule has 0 spiro atoms. The first-order chi connectivity index (χ1) is 17.7. The van der Waals surface area contributed by atoms with Crippen LogP contribution < -0.4 is 0 Å². The van der Waals surface area contributed by atoms with E-state index in [1.54, 1.807) is 25.2 Å². The van der Waals surface area contributed by atoms with E-state index in [-0.39, 0.29) is 6.61 Å². The number of ether oxygens (including phenoxy) is 5. The Morgan fingerprint density at radius 2 is 1.81 bits per heavy atom. The van der Waals surface area contributed by atoms with E-state index < -0.39 is 85.8 Å². The van der Waals surface area contributed by atoms with E-state index in [0.29, 0.717) is 18.4 Å².